The maximum absolute atomic E-state index is 7.52. The lowest BCUT2D eigenvalue weighted by molar-refractivity contribution is 0.293. The van der Waals surface area contributed by atoms with Crippen LogP contribution in [0, 0.1) is 11.3 Å². The molecule has 0 spiro atoms. The molecule has 0 aromatic heterocycles. The maximum Gasteiger partial charge on any atom is 0.491 e. The second-order valence-electron chi connectivity index (χ2n) is 5.07. The van der Waals surface area contributed by atoms with Crippen LogP contribution < -0.4 is 5.50 Å². The van der Waals surface area contributed by atoms with E-state index in [0.717, 1.165) is 5.92 Å². The standard InChI is InChI=1S/C10H22.H5NO3P/c1-6-10(4,5)8-7-9(2)3;1-5(2,3)4/h9H,6-8H2,1-5H3;2-4H,1H2/q;+1. The van der Waals surface area contributed by atoms with Crippen molar-refractivity contribution in [2.75, 3.05) is 0 Å². The molecule has 0 amide bonds. The molecule has 0 aliphatic carbocycles. The van der Waals surface area contributed by atoms with Gasteiger partial charge in [-0.25, -0.2) is 0 Å². The van der Waals surface area contributed by atoms with Crippen molar-refractivity contribution in [3.8, 4) is 0 Å². The highest BCUT2D eigenvalue weighted by Gasteiger charge is 2.19. The average molecular weight is 240 g/mol. The summed E-state index contributed by atoms with van der Waals surface area (Å²) in [5.41, 5.74) is 4.71. The molecule has 0 atom stereocenters. The fourth-order valence-electron chi connectivity index (χ4n) is 0.856. The number of rotatable bonds is 4. The highest BCUT2D eigenvalue weighted by molar-refractivity contribution is 7.55. The molecular weight excluding hydrogens is 213 g/mol. The Labute approximate surface area is 94.2 Å². The lowest BCUT2D eigenvalue weighted by atomic mass is 9.83. The quantitative estimate of drug-likeness (QED) is 0.568. The lowest BCUT2D eigenvalue weighted by Gasteiger charge is -2.23. The minimum Gasteiger partial charge on any atom is -0.178 e. The summed E-state index contributed by atoms with van der Waals surface area (Å²) in [5.74, 6) is 0.867. The zero-order valence-electron chi connectivity index (χ0n) is 10.6. The van der Waals surface area contributed by atoms with E-state index < -0.39 is 8.09 Å². The zero-order valence-corrected chi connectivity index (χ0v) is 11.5. The topological polar surface area (TPSA) is 86.7 Å². The van der Waals surface area contributed by atoms with E-state index in [0.29, 0.717) is 5.41 Å². The molecule has 0 fully saturated rings. The van der Waals surface area contributed by atoms with E-state index in [2.05, 4.69) is 40.1 Å². The molecular formula is C10H27NO3P+. The Morgan fingerprint density at radius 3 is 1.73 bits per heavy atom. The zero-order chi connectivity index (χ0) is 12.7. The van der Waals surface area contributed by atoms with Crippen LogP contribution in [0.3, 0.4) is 0 Å². The molecule has 0 aromatic rings. The van der Waals surface area contributed by atoms with Crippen molar-refractivity contribution in [3.63, 3.8) is 0 Å². The van der Waals surface area contributed by atoms with E-state index in [1.165, 1.54) is 19.3 Å². The Morgan fingerprint density at radius 1 is 1.20 bits per heavy atom. The Balaban J connectivity index is 0. The van der Waals surface area contributed by atoms with Crippen LogP contribution in [0.15, 0.2) is 0 Å². The summed E-state index contributed by atoms with van der Waals surface area (Å²) >= 11 is 0. The smallest absolute Gasteiger partial charge is 0.178 e. The van der Waals surface area contributed by atoms with Gasteiger partial charge in [0.05, 0.1) is 0 Å². The fourth-order valence-corrected chi connectivity index (χ4v) is 0.856. The Hall–Kier alpha value is 0.270. The van der Waals surface area contributed by atoms with Crippen LogP contribution >= 0.6 is 8.09 Å². The van der Waals surface area contributed by atoms with Gasteiger partial charge in [-0.3, -0.25) is 0 Å². The van der Waals surface area contributed by atoms with Crippen LogP contribution in [-0.2, 0) is 0 Å². The van der Waals surface area contributed by atoms with Crippen molar-refractivity contribution in [3.05, 3.63) is 0 Å². The second kappa shape index (κ2) is 7.53. The van der Waals surface area contributed by atoms with Gasteiger partial charge in [0.1, 0.15) is 0 Å². The molecule has 0 radical (unpaired) electrons. The van der Waals surface area contributed by atoms with Crippen molar-refractivity contribution in [1.29, 1.82) is 0 Å². The lowest BCUT2D eigenvalue weighted by Crippen LogP contribution is -2.10. The summed E-state index contributed by atoms with van der Waals surface area (Å²) in [6, 6.07) is 0. The molecule has 0 saturated carbocycles. The van der Waals surface area contributed by atoms with Crippen molar-refractivity contribution < 1.29 is 14.7 Å². The van der Waals surface area contributed by atoms with Crippen LogP contribution in [0.1, 0.15) is 53.9 Å². The molecule has 0 unspecified atom stereocenters. The molecule has 5 N–H and O–H groups in total. The highest BCUT2D eigenvalue weighted by Crippen LogP contribution is 2.32. The minimum atomic E-state index is -3.89. The van der Waals surface area contributed by atoms with E-state index in [-0.39, 0.29) is 0 Å². The molecule has 15 heavy (non-hydrogen) atoms. The maximum atomic E-state index is 7.52. The Morgan fingerprint density at radius 2 is 1.53 bits per heavy atom. The van der Waals surface area contributed by atoms with E-state index in [9.17, 15) is 0 Å². The average Bonchev–Trinajstić information content (AvgIpc) is 1.98. The molecule has 0 heterocycles. The Kier molecular flexibility index (Phi) is 8.86. The molecule has 4 nitrogen and oxygen atoms in total. The molecule has 0 rings (SSSR count). The minimum absolute atomic E-state index is 0.574. The van der Waals surface area contributed by atoms with Gasteiger partial charge in [0, 0.05) is 0 Å². The van der Waals surface area contributed by atoms with Gasteiger partial charge in [0.25, 0.3) is 0 Å². The molecule has 0 aliphatic rings. The molecule has 0 aromatic carbocycles. The summed E-state index contributed by atoms with van der Waals surface area (Å²) in [6.07, 6.45) is 4.06. The van der Waals surface area contributed by atoms with Crippen molar-refractivity contribution in [2.24, 2.45) is 16.8 Å². The van der Waals surface area contributed by atoms with Gasteiger partial charge in [-0.05, 0) is 17.8 Å². The SMILES string of the molecule is CCC(C)(C)CCC(C)C.N[P+](O)(O)O. The normalized spacial score (nSPS) is 12.4. The van der Waals surface area contributed by atoms with Gasteiger partial charge < -0.3 is 0 Å². The predicted octanol–water partition coefficient (Wildman–Crippen LogP) is 2.46. The summed E-state index contributed by atoms with van der Waals surface area (Å²) in [6.45, 7) is 11.6. The second-order valence-corrected chi connectivity index (χ2v) is 6.29. The van der Waals surface area contributed by atoms with E-state index in [1.807, 2.05) is 0 Å². The third-order valence-electron chi connectivity index (χ3n) is 2.36. The molecule has 0 saturated heterocycles. The summed E-state index contributed by atoms with van der Waals surface area (Å²) in [7, 11) is -3.89. The number of nitrogens with two attached hydrogens (primary N) is 1. The third-order valence-corrected chi connectivity index (χ3v) is 2.36. The van der Waals surface area contributed by atoms with Crippen LogP contribution in [0.25, 0.3) is 0 Å². The molecule has 0 aliphatic heterocycles. The summed E-state index contributed by atoms with van der Waals surface area (Å²) in [4.78, 5) is 22.6. The van der Waals surface area contributed by atoms with Crippen LogP contribution in [-0.4, -0.2) is 14.7 Å². The summed E-state index contributed by atoms with van der Waals surface area (Å²) in [5, 5.41) is 0. The highest BCUT2D eigenvalue weighted by atomic mass is 31.2. The van der Waals surface area contributed by atoms with Crippen molar-refractivity contribution in [2.45, 2.75) is 53.9 Å². The van der Waals surface area contributed by atoms with E-state index in [1.54, 1.807) is 0 Å². The first-order valence-electron chi connectivity index (χ1n) is 5.34. The molecule has 5 heteroatoms. The van der Waals surface area contributed by atoms with Gasteiger partial charge in [-0.15, -0.1) is 5.50 Å². The number of hydrogen-bond acceptors (Lipinski definition) is 4. The van der Waals surface area contributed by atoms with E-state index >= 15 is 0 Å². The van der Waals surface area contributed by atoms with Gasteiger partial charge in [0.2, 0.25) is 0 Å². The van der Waals surface area contributed by atoms with Crippen LogP contribution in [0.4, 0.5) is 0 Å². The largest absolute Gasteiger partial charge is 0.491 e. The van der Waals surface area contributed by atoms with E-state index in [4.69, 9.17) is 14.7 Å². The van der Waals surface area contributed by atoms with Crippen molar-refractivity contribution in [1.82, 2.24) is 0 Å². The van der Waals surface area contributed by atoms with Gasteiger partial charge in [-0.2, -0.15) is 14.7 Å². The molecule has 94 valence electrons. The van der Waals surface area contributed by atoms with Crippen LogP contribution in [0.5, 0.6) is 0 Å². The van der Waals surface area contributed by atoms with Gasteiger partial charge in [-0.1, -0.05) is 47.5 Å². The first-order valence-corrected chi connectivity index (χ1v) is 7.05. The molecule has 0 bridgehead atoms. The van der Waals surface area contributed by atoms with Gasteiger partial charge in [0.15, 0.2) is 0 Å². The Bertz CT molecular complexity index is 149. The first-order chi connectivity index (χ1) is 6.48. The fraction of sp³-hybridized carbons (Fsp3) is 1.00. The first kappa shape index (κ1) is 17.7. The predicted molar refractivity (Wildman–Crippen MR) is 65.9 cm³/mol. The number of hydrogen-bond donors (Lipinski definition) is 4. The van der Waals surface area contributed by atoms with Crippen molar-refractivity contribution >= 4 is 8.09 Å². The van der Waals surface area contributed by atoms with Gasteiger partial charge >= 0.3 is 8.09 Å². The van der Waals surface area contributed by atoms with Crippen LogP contribution in [0.2, 0.25) is 0 Å². The monoisotopic (exact) mass is 240 g/mol. The summed E-state index contributed by atoms with van der Waals surface area (Å²) < 4.78 is 0. The third kappa shape index (κ3) is 25.0.